The first-order valence-electron chi connectivity index (χ1n) is 13.3. The molecule has 0 spiro atoms. The summed E-state index contributed by atoms with van der Waals surface area (Å²) in [4.78, 5) is 41.8. The summed E-state index contributed by atoms with van der Waals surface area (Å²) in [5, 5.41) is 7.72. The summed E-state index contributed by atoms with van der Waals surface area (Å²) in [7, 11) is 3.87. The number of hydrogen-bond acceptors (Lipinski definition) is 5. The third-order valence-corrected chi connectivity index (χ3v) is 7.59. The monoisotopic (exact) mass is 616 g/mol. The van der Waals surface area contributed by atoms with Crippen LogP contribution < -0.4 is 20.9 Å². The largest absolute Gasteiger partial charge is 0.378 e. The van der Waals surface area contributed by atoms with Crippen molar-refractivity contribution in [2.75, 3.05) is 29.6 Å². The lowest BCUT2D eigenvalue weighted by atomic mass is 10.1. The van der Waals surface area contributed by atoms with Gasteiger partial charge in [0, 0.05) is 41.6 Å². The van der Waals surface area contributed by atoms with E-state index in [-0.39, 0.29) is 16.6 Å². The molecule has 3 amide bonds. The molecule has 0 aliphatic heterocycles. The molecule has 0 bridgehead atoms. The second-order valence-corrected chi connectivity index (χ2v) is 11.5. The van der Waals surface area contributed by atoms with E-state index in [9.17, 15) is 18.8 Å². The van der Waals surface area contributed by atoms with E-state index in [1.165, 1.54) is 30.0 Å². The zero-order chi connectivity index (χ0) is 30.9. The summed E-state index contributed by atoms with van der Waals surface area (Å²) < 4.78 is 13.4. The molecule has 4 aromatic rings. The number of halogens is 2. The van der Waals surface area contributed by atoms with E-state index in [0.29, 0.717) is 16.9 Å². The maximum Gasteiger partial charge on any atom is 0.272 e. The molecule has 4 aromatic carbocycles. The van der Waals surface area contributed by atoms with Crippen LogP contribution in [-0.2, 0) is 9.59 Å². The van der Waals surface area contributed by atoms with Gasteiger partial charge in [0.05, 0.1) is 10.3 Å². The molecule has 7 nitrogen and oxygen atoms in total. The second-order valence-electron chi connectivity index (χ2n) is 9.72. The van der Waals surface area contributed by atoms with Crippen molar-refractivity contribution in [2.24, 2.45) is 0 Å². The SMILES string of the molecule is CC(Sc1cccc(NC(=O)/C(=C\c2ccc(N(C)C)cc2)NC(=O)c2ccccc2)c1)C(=O)Nc1ccc(F)c(Cl)c1. The first-order chi connectivity index (χ1) is 20.6. The summed E-state index contributed by atoms with van der Waals surface area (Å²) in [6.07, 6.45) is 1.61. The average molecular weight is 617 g/mol. The molecule has 3 N–H and O–H groups in total. The molecular weight excluding hydrogens is 587 g/mol. The molecule has 43 heavy (non-hydrogen) atoms. The number of hydrogen-bond donors (Lipinski definition) is 3. The first-order valence-corrected chi connectivity index (χ1v) is 14.5. The fourth-order valence-corrected chi connectivity index (χ4v) is 5.01. The van der Waals surface area contributed by atoms with Gasteiger partial charge in [0.15, 0.2) is 0 Å². The van der Waals surface area contributed by atoms with Gasteiger partial charge in [-0.15, -0.1) is 11.8 Å². The van der Waals surface area contributed by atoms with Gasteiger partial charge in [0.25, 0.3) is 11.8 Å². The number of carbonyl (C=O) groups is 3. The zero-order valence-electron chi connectivity index (χ0n) is 23.7. The fourth-order valence-electron chi connectivity index (χ4n) is 3.90. The number of amides is 3. The van der Waals surface area contributed by atoms with E-state index >= 15 is 0 Å². The van der Waals surface area contributed by atoms with Gasteiger partial charge < -0.3 is 20.9 Å². The fraction of sp³-hybridized carbons (Fsp3) is 0.121. The second kappa shape index (κ2) is 14.5. The molecule has 1 unspecified atom stereocenters. The first kappa shape index (κ1) is 31.3. The normalized spacial score (nSPS) is 11.8. The summed E-state index contributed by atoms with van der Waals surface area (Å²) in [5.41, 5.74) is 3.08. The highest BCUT2D eigenvalue weighted by atomic mass is 35.5. The van der Waals surface area contributed by atoms with Crippen LogP contribution in [-0.4, -0.2) is 37.1 Å². The Kier molecular flexibility index (Phi) is 10.6. The van der Waals surface area contributed by atoms with Crippen LogP contribution in [0.1, 0.15) is 22.8 Å². The Morgan fingerprint density at radius 3 is 2.23 bits per heavy atom. The number of carbonyl (C=O) groups excluding carboxylic acids is 3. The topological polar surface area (TPSA) is 90.5 Å². The van der Waals surface area contributed by atoms with Crippen LogP contribution in [0.2, 0.25) is 5.02 Å². The standard InChI is InChI=1S/C33H30ClFN4O3S/c1-21(31(40)36-25-14-17-29(35)28(34)20-25)43-27-11-7-10-24(19-27)37-33(42)30(38-32(41)23-8-5-4-6-9-23)18-22-12-15-26(16-13-22)39(2)3/h4-21H,1-3H3,(H,36,40)(H,37,42)(H,38,41)/b30-18+. The van der Waals surface area contributed by atoms with E-state index < -0.39 is 22.9 Å². The third kappa shape index (κ3) is 8.94. The molecule has 10 heteroatoms. The van der Waals surface area contributed by atoms with Crippen LogP contribution in [0.5, 0.6) is 0 Å². The number of thioether (sulfide) groups is 1. The van der Waals surface area contributed by atoms with Crippen molar-refractivity contribution in [1.29, 1.82) is 0 Å². The third-order valence-electron chi connectivity index (χ3n) is 6.21. The van der Waals surface area contributed by atoms with Crippen molar-refractivity contribution in [3.63, 3.8) is 0 Å². The molecule has 0 saturated carbocycles. The van der Waals surface area contributed by atoms with Crippen LogP contribution in [0.4, 0.5) is 21.5 Å². The van der Waals surface area contributed by atoms with Crippen molar-refractivity contribution in [3.05, 3.63) is 125 Å². The van der Waals surface area contributed by atoms with Gasteiger partial charge in [-0.05, 0) is 79.2 Å². The van der Waals surface area contributed by atoms with E-state index in [2.05, 4.69) is 16.0 Å². The van der Waals surface area contributed by atoms with Crippen molar-refractivity contribution >= 4 is 64.2 Å². The lowest BCUT2D eigenvalue weighted by Gasteiger charge is -2.15. The summed E-state index contributed by atoms with van der Waals surface area (Å²) in [5.74, 6) is -1.79. The van der Waals surface area contributed by atoms with Gasteiger partial charge in [0.1, 0.15) is 11.5 Å². The smallest absolute Gasteiger partial charge is 0.272 e. The Morgan fingerprint density at radius 2 is 1.56 bits per heavy atom. The van der Waals surface area contributed by atoms with Gasteiger partial charge in [-0.25, -0.2) is 4.39 Å². The van der Waals surface area contributed by atoms with E-state index in [0.717, 1.165) is 16.1 Å². The lowest BCUT2D eigenvalue weighted by molar-refractivity contribution is -0.115. The molecule has 4 rings (SSSR count). The summed E-state index contributed by atoms with van der Waals surface area (Å²) in [6.45, 7) is 1.73. The Hall–Kier alpha value is -4.60. The van der Waals surface area contributed by atoms with Crippen LogP contribution >= 0.6 is 23.4 Å². The van der Waals surface area contributed by atoms with Crippen LogP contribution in [0.25, 0.3) is 6.08 Å². The Morgan fingerprint density at radius 1 is 0.860 bits per heavy atom. The molecule has 220 valence electrons. The quantitative estimate of drug-likeness (QED) is 0.131. The van der Waals surface area contributed by atoms with Gasteiger partial charge >= 0.3 is 0 Å². The predicted molar refractivity (Wildman–Crippen MR) is 173 cm³/mol. The Bertz CT molecular complexity index is 1650. The van der Waals surface area contributed by atoms with Crippen molar-refractivity contribution < 1.29 is 18.8 Å². The molecule has 0 aliphatic rings. The van der Waals surface area contributed by atoms with E-state index in [4.69, 9.17) is 11.6 Å². The maximum atomic E-state index is 13.4. The van der Waals surface area contributed by atoms with Gasteiger partial charge in [-0.2, -0.15) is 0 Å². The van der Waals surface area contributed by atoms with Crippen molar-refractivity contribution in [2.45, 2.75) is 17.1 Å². The van der Waals surface area contributed by atoms with Crippen LogP contribution in [0.15, 0.2) is 108 Å². The number of nitrogens with zero attached hydrogens (tertiary/aromatic N) is 1. The van der Waals surface area contributed by atoms with Crippen LogP contribution in [0.3, 0.4) is 0 Å². The molecule has 1 atom stereocenters. The van der Waals surface area contributed by atoms with E-state index in [1.807, 2.05) is 49.3 Å². The van der Waals surface area contributed by atoms with Gasteiger partial charge in [-0.3, -0.25) is 14.4 Å². The maximum absolute atomic E-state index is 13.4. The molecule has 0 heterocycles. The average Bonchev–Trinajstić information content (AvgIpc) is 2.99. The lowest BCUT2D eigenvalue weighted by Crippen LogP contribution is -2.30. The highest BCUT2D eigenvalue weighted by Gasteiger charge is 2.18. The molecule has 0 aliphatic carbocycles. The highest BCUT2D eigenvalue weighted by Crippen LogP contribution is 2.28. The number of benzene rings is 4. The number of rotatable bonds is 10. The summed E-state index contributed by atoms with van der Waals surface area (Å²) >= 11 is 7.10. The van der Waals surface area contributed by atoms with E-state index in [1.54, 1.807) is 61.5 Å². The number of anilines is 3. The molecular formula is C33H30ClFN4O3S. The van der Waals surface area contributed by atoms with Crippen molar-refractivity contribution in [1.82, 2.24) is 5.32 Å². The molecule has 0 saturated heterocycles. The minimum atomic E-state index is -0.569. The number of nitrogens with one attached hydrogen (secondary N) is 3. The minimum absolute atomic E-state index is 0.0650. The Balaban J connectivity index is 1.49. The minimum Gasteiger partial charge on any atom is -0.378 e. The van der Waals surface area contributed by atoms with Crippen LogP contribution in [0, 0.1) is 5.82 Å². The highest BCUT2D eigenvalue weighted by molar-refractivity contribution is 8.00. The molecule has 0 aromatic heterocycles. The van der Waals surface area contributed by atoms with Crippen molar-refractivity contribution in [3.8, 4) is 0 Å². The zero-order valence-corrected chi connectivity index (χ0v) is 25.3. The Labute approximate surface area is 259 Å². The molecule has 0 fully saturated rings. The molecule has 0 radical (unpaired) electrons. The summed E-state index contributed by atoms with van der Waals surface area (Å²) in [6, 6.07) is 27.2. The predicted octanol–water partition coefficient (Wildman–Crippen LogP) is 7.07. The van der Waals surface area contributed by atoms with Gasteiger partial charge in [-0.1, -0.05) is 48.0 Å². The van der Waals surface area contributed by atoms with Gasteiger partial charge in [0.2, 0.25) is 5.91 Å².